The number of fused-ring (bicyclic) bond motifs is 6. The lowest BCUT2D eigenvalue weighted by Crippen LogP contribution is -2.40. The van der Waals surface area contributed by atoms with Gasteiger partial charge in [0.2, 0.25) is 0 Å². The number of hydrogen-bond acceptors (Lipinski definition) is 4. The molecule has 7 heteroatoms. The van der Waals surface area contributed by atoms with E-state index in [-0.39, 0.29) is 6.29 Å². The molecule has 0 saturated heterocycles. The maximum absolute atomic E-state index is 5.15. The van der Waals surface area contributed by atoms with Crippen molar-refractivity contribution < 1.29 is 0 Å². The van der Waals surface area contributed by atoms with Gasteiger partial charge in [-0.2, -0.15) is 6.20 Å². The number of amidine groups is 2. The van der Waals surface area contributed by atoms with Gasteiger partial charge in [-0.05, 0) is 42.0 Å². The van der Waals surface area contributed by atoms with Gasteiger partial charge in [-0.25, -0.2) is 9.98 Å². The van der Waals surface area contributed by atoms with E-state index in [9.17, 15) is 0 Å². The van der Waals surface area contributed by atoms with Crippen LogP contribution in [0.5, 0.6) is 0 Å². The maximum atomic E-state index is 5.15. The van der Waals surface area contributed by atoms with Gasteiger partial charge in [0.15, 0.2) is 6.17 Å². The topological polar surface area (TPSA) is 72.7 Å². The van der Waals surface area contributed by atoms with Gasteiger partial charge >= 0.3 is 0 Å². The molecular weight excluding hydrogens is 615 g/mol. The van der Waals surface area contributed by atoms with Crippen molar-refractivity contribution in [1.29, 1.82) is 0 Å². The molecule has 2 aromatic heterocycles. The Morgan fingerprint density at radius 1 is 0.540 bits per heavy atom. The van der Waals surface area contributed by atoms with Crippen molar-refractivity contribution in [2.75, 3.05) is 6.54 Å². The number of hydrogen-bond donors (Lipinski definition) is 2. The van der Waals surface area contributed by atoms with Crippen LogP contribution >= 0.6 is 0 Å². The molecule has 2 N–H and O–H groups in total. The van der Waals surface area contributed by atoms with Gasteiger partial charge in [0.25, 0.3) is 0 Å². The SMILES string of the molecule is C1=C(C2N=C(c3ccccc3)NC(c3ccccc3)=N2)CNC(n2c3ccccc3c3cc4c5ccccc5n(-c5ccccc5)c4cc32)[N-]1. The third-order valence-electron chi connectivity index (χ3n) is 9.80. The molecule has 10 rings (SSSR count). The van der Waals surface area contributed by atoms with E-state index >= 15 is 0 Å². The second-order valence-corrected chi connectivity index (χ2v) is 12.8. The monoisotopic (exact) mass is 646 g/mol. The summed E-state index contributed by atoms with van der Waals surface area (Å²) < 4.78 is 4.71. The van der Waals surface area contributed by atoms with Gasteiger partial charge in [0.05, 0.1) is 16.6 Å². The number of rotatable bonds is 5. The third kappa shape index (κ3) is 4.63. The van der Waals surface area contributed by atoms with E-state index in [1.807, 2.05) is 42.6 Å². The van der Waals surface area contributed by atoms with Crippen LogP contribution in [0, 0.1) is 0 Å². The van der Waals surface area contributed by atoms with Crippen LogP contribution in [0.1, 0.15) is 17.4 Å². The summed E-state index contributed by atoms with van der Waals surface area (Å²) in [5, 5.41) is 17.3. The van der Waals surface area contributed by atoms with E-state index in [0.29, 0.717) is 6.54 Å². The van der Waals surface area contributed by atoms with Crippen LogP contribution in [0.2, 0.25) is 0 Å². The molecule has 2 aliphatic heterocycles. The molecule has 2 aliphatic rings. The highest BCUT2D eigenvalue weighted by Crippen LogP contribution is 2.40. The lowest BCUT2D eigenvalue weighted by Gasteiger charge is -2.40. The molecule has 0 spiro atoms. The van der Waals surface area contributed by atoms with Crippen LogP contribution in [0.3, 0.4) is 0 Å². The Labute approximate surface area is 288 Å². The van der Waals surface area contributed by atoms with E-state index in [2.05, 4.69) is 135 Å². The van der Waals surface area contributed by atoms with Gasteiger partial charge in [-0.3, -0.25) is 0 Å². The fraction of sp³-hybridized carbons (Fsp3) is 0.0698. The fourth-order valence-corrected chi connectivity index (χ4v) is 7.47. The third-order valence-corrected chi connectivity index (χ3v) is 9.80. The lowest BCUT2D eigenvalue weighted by molar-refractivity contribution is 0.487. The molecule has 240 valence electrons. The highest BCUT2D eigenvalue weighted by Gasteiger charge is 2.24. The van der Waals surface area contributed by atoms with Crippen molar-refractivity contribution in [3.8, 4) is 5.69 Å². The zero-order chi connectivity index (χ0) is 33.0. The number of para-hydroxylation sites is 3. The van der Waals surface area contributed by atoms with Crippen LogP contribution in [0.25, 0.3) is 54.6 Å². The minimum atomic E-state index is -0.404. The second-order valence-electron chi connectivity index (χ2n) is 12.8. The summed E-state index contributed by atoms with van der Waals surface area (Å²) in [6, 6.07) is 53.1. The van der Waals surface area contributed by atoms with E-state index < -0.39 is 6.17 Å². The largest absolute Gasteiger partial charge is 0.659 e. The van der Waals surface area contributed by atoms with Crippen molar-refractivity contribution >= 4 is 55.3 Å². The Balaban J connectivity index is 1.09. The highest BCUT2D eigenvalue weighted by molar-refractivity contribution is 6.19. The molecular formula is C43H32N7-. The van der Waals surface area contributed by atoms with Crippen molar-refractivity contribution in [3.05, 3.63) is 180 Å². The maximum Gasteiger partial charge on any atom is 0.165 e. The van der Waals surface area contributed by atoms with Crippen molar-refractivity contribution in [2.24, 2.45) is 9.98 Å². The zero-order valence-electron chi connectivity index (χ0n) is 27.1. The first-order valence-corrected chi connectivity index (χ1v) is 17.0. The Morgan fingerprint density at radius 3 is 1.74 bits per heavy atom. The molecule has 8 aromatic rings. The summed E-state index contributed by atoms with van der Waals surface area (Å²) in [7, 11) is 0. The molecule has 0 saturated carbocycles. The molecule has 50 heavy (non-hydrogen) atoms. The predicted molar refractivity (Wildman–Crippen MR) is 205 cm³/mol. The Kier molecular flexibility index (Phi) is 6.63. The fourth-order valence-electron chi connectivity index (χ4n) is 7.47. The standard InChI is InChI=1S/C43H32N7/c1-4-14-28(15-5-1)40-46-41(29-16-6-2-7-17-29)48-42(47-40)30-26-44-43(45-27-30)50-37-23-13-11-21-33(37)35-24-34-32-20-10-12-22-36(32)49(38(34)25-39(35)50)31-18-8-3-9-19-31/h1-26,42-43,45H,27H2,(H,46,47,48)/q-1. The van der Waals surface area contributed by atoms with E-state index in [4.69, 9.17) is 15.3 Å². The minimum absolute atomic E-state index is 0.301. The average molecular weight is 647 g/mol. The van der Waals surface area contributed by atoms with Crippen LogP contribution in [0.4, 0.5) is 0 Å². The average Bonchev–Trinajstić information content (AvgIpc) is 3.70. The van der Waals surface area contributed by atoms with Crippen molar-refractivity contribution in [3.63, 3.8) is 0 Å². The first kappa shape index (κ1) is 28.6. The number of aliphatic imine (C=N–C) groups is 2. The van der Waals surface area contributed by atoms with Crippen LogP contribution < -0.4 is 10.6 Å². The van der Waals surface area contributed by atoms with E-state index in [1.165, 1.54) is 32.6 Å². The molecule has 4 heterocycles. The first-order valence-electron chi connectivity index (χ1n) is 17.0. The van der Waals surface area contributed by atoms with Crippen molar-refractivity contribution in [2.45, 2.75) is 12.5 Å². The number of nitrogens with one attached hydrogen (secondary N) is 2. The first-order chi connectivity index (χ1) is 24.8. The summed E-state index contributed by atoms with van der Waals surface area (Å²) in [6.07, 6.45) is 1.28. The van der Waals surface area contributed by atoms with Gasteiger partial charge in [-0.15, -0.1) is 0 Å². The molecule has 0 bridgehead atoms. The van der Waals surface area contributed by atoms with Crippen LogP contribution in [0.15, 0.2) is 173 Å². The zero-order valence-corrected chi connectivity index (χ0v) is 27.1. The van der Waals surface area contributed by atoms with Crippen LogP contribution in [-0.2, 0) is 0 Å². The molecule has 7 nitrogen and oxygen atoms in total. The van der Waals surface area contributed by atoms with Gasteiger partial charge < -0.3 is 25.1 Å². The second kappa shape index (κ2) is 11.6. The smallest absolute Gasteiger partial charge is 0.165 e. The summed E-state index contributed by atoms with van der Waals surface area (Å²) in [5.74, 6) is 1.60. The van der Waals surface area contributed by atoms with E-state index in [0.717, 1.165) is 45.1 Å². The quantitative estimate of drug-likeness (QED) is 0.196. The lowest BCUT2D eigenvalue weighted by atomic mass is 10.1. The minimum Gasteiger partial charge on any atom is -0.659 e. The highest BCUT2D eigenvalue weighted by atomic mass is 15.3. The summed E-state index contributed by atoms with van der Waals surface area (Å²) >= 11 is 0. The summed E-state index contributed by atoms with van der Waals surface area (Å²) in [5.41, 5.74) is 8.82. The van der Waals surface area contributed by atoms with Gasteiger partial charge in [0, 0.05) is 56.7 Å². The Bertz CT molecular complexity index is 2590. The molecule has 0 aliphatic carbocycles. The molecule has 0 amide bonds. The van der Waals surface area contributed by atoms with Crippen LogP contribution in [-0.4, -0.2) is 33.5 Å². The normalized spacial score (nSPS) is 16.6. The summed E-state index contributed by atoms with van der Waals surface area (Å²) in [6.45, 7) is 0.594. The molecule has 0 radical (unpaired) electrons. The number of benzene rings is 6. The predicted octanol–water partition coefficient (Wildman–Crippen LogP) is 9.03. The Morgan fingerprint density at radius 2 is 1.10 bits per heavy atom. The van der Waals surface area contributed by atoms with E-state index in [1.54, 1.807) is 0 Å². The Hall–Kier alpha value is -6.44. The molecule has 6 aromatic carbocycles. The van der Waals surface area contributed by atoms with Crippen molar-refractivity contribution in [1.82, 2.24) is 19.8 Å². The van der Waals surface area contributed by atoms with Gasteiger partial charge in [0.1, 0.15) is 11.7 Å². The molecule has 1 atom stereocenters. The number of nitrogens with zero attached hydrogens (tertiary/aromatic N) is 5. The molecule has 1 unspecified atom stereocenters. The number of aromatic nitrogens is 2. The summed E-state index contributed by atoms with van der Waals surface area (Å²) in [4.78, 5) is 10.1. The molecule has 0 fully saturated rings. The van der Waals surface area contributed by atoms with Gasteiger partial charge in [-0.1, -0.05) is 115 Å².